The van der Waals surface area contributed by atoms with Crippen LogP contribution >= 0.6 is 28.3 Å². The van der Waals surface area contributed by atoms with Crippen LogP contribution in [0.1, 0.15) is 24.0 Å². The van der Waals surface area contributed by atoms with Crippen LogP contribution in [0.2, 0.25) is 0 Å². The van der Waals surface area contributed by atoms with Gasteiger partial charge in [-0.2, -0.15) is 0 Å². The molecule has 0 aliphatic carbocycles. The third kappa shape index (κ3) is 3.72. The van der Waals surface area contributed by atoms with E-state index in [1.165, 1.54) is 61.0 Å². The van der Waals surface area contributed by atoms with Crippen LogP contribution < -0.4 is 5.32 Å². The molecule has 2 aliphatic rings. The van der Waals surface area contributed by atoms with E-state index in [0.29, 0.717) is 0 Å². The van der Waals surface area contributed by atoms with Crippen molar-refractivity contribution in [2.75, 3.05) is 26.2 Å². The highest BCUT2D eigenvalue weighted by molar-refractivity contribution is 9.10. The van der Waals surface area contributed by atoms with Gasteiger partial charge in [0.25, 0.3) is 0 Å². The highest BCUT2D eigenvalue weighted by Crippen LogP contribution is 2.27. The number of rotatable bonds is 2. The van der Waals surface area contributed by atoms with Gasteiger partial charge < -0.3 is 5.32 Å². The number of nitrogens with zero attached hydrogens (tertiary/aromatic N) is 1. The van der Waals surface area contributed by atoms with Crippen molar-refractivity contribution in [2.45, 2.75) is 25.8 Å². The standard InChI is InChI=1S/C15H21BrN2.ClH/c16-15-5-1-4-13-11-18(8-6-14(13)15)10-12-3-2-7-17-9-12;/h1,4-5,12,17H,2-3,6-11H2;1H. The zero-order valence-corrected chi connectivity index (χ0v) is 13.6. The highest BCUT2D eigenvalue weighted by Gasteiger charge is 2.21. The predicted molar refractivity (Wildman–Crippen MR) is 86.0 cm³/mol. The van der Waals surface area contributed by atoms with Crippen molar-refractivity contribution in [3.8, 4) is 0 Å². The van der Waals surface area contributed by atoms with Crippen molar-refractivity contribution in [3.63, 3.8) is 0 Å². The smallest absolute Gasteiger partial charge is 0.0237 e. The van der Waals surface area contributed by atoms with E-state index in [1.54, 1.807) is 0 Å². The van der Waals surface area contributed by atoms with E-state index in [4.69, 9.17) is 0 Å². The second-order valence-corrected chi connectivity index (χ2v) is 6.43. The van der Waals surface area contributed by atoms with Crippen molar-refractivity contribution in [3.05, 3.63) is 33.8 Å². The number of hydrogen-bond donors (Lipinski definition) is 1. The van der Waals surface area contributed by atoms with Crippen molar-refractivity contribution in [1.82, 2.24) is 10.2 Å². The van der Waals surface area contributed by atoms with Gasteiger partial charge in [-0.05, 0) is 55.5 Å². The van der Waals surface area contributed by atoms with Crippen molar-refractivity contribution in [2.24, 2.45) is 5.92 Å². The van der Waals surface area contributed by atoms with Crippen LogP contribution in [0, 0.1) is 5.92 Å². The fourth-order valence-electron chi connectivity index (χ4n) is 3.22. The van der Waals surface area contributed by atoms with E-state index < -0.39 is 0 Å². The lowest BCUT2D eigenvalue weighted by Crippen LogP contribution is -2.40. The molecule has 1 atom stereocenters. The van der Waals surface area contributed by atoms with Crippen LogP contribution in [-0.2, 0) is 13.0 Å². The lowest BCUT2D eigenvalue weighted by atomic mass is 9.95. The van der Waals surface area contributed by atoms with Gasteiger partial charge in [-0.25, -0.2) is 0 Å². The molecule has 1 unspecified atom stereocenters. The zero-order chi connectivity index (χ0) is 12.4. The van der Waals surface area contributed by atoms with Crippen LogP contribution in [0.25, 0.3) is 0 Å². The van der Waals surface area contributed by atoms with E-state index in [2.05, 4.69) is 44.3 Å². The molecule has 3 rings (SSSR count). The Morgan fingerprint density at radius 2 is 2.26 bits per heavy atom. The molecule has 0 bridgehead atoms. The number of benzene rings is 1. The Kier molecular flexibility index (Phi) is 5.70. The fourth-order valence-corrected chi connectivity index (χ4v) is 3.83. The Morgan fingerprint density at radius 1 is 1.37 bits per heavy atom. The molecule has 19 heavy (non-hydrogen) atoms. The van der Waals surface area contributed by atoms with Gasteiger partial charge in [0.2, 0.25) is 0 Å². The predicted octanol–water partition coefficient (Wildman–Crippen LogP) is 3.23. The largest absolute Gasteiger partial charge is 0.316 e. The Bertz CT molecular complexity index is 419. The molecule has 1 saturated heterocycles. The quantitative estimate of drug-likeness (QED) is 0.885. The molecule has 2 nitrogen and oxygen atoms in total. The average Bonchev–Trinajstić information content (AvgIpc) is 2.40. The van der Waals surface area contributed by atoms with Gasteiger partial charge in [0.15, 0.2) is 0 Å². The summed E-state index contributed by atoms with van der Waals surface area (Å²) in [6, 6.07) is 6.61. The molecule has 1 N–H and O–H groups in total. The number of halogens is 2. The molecule has 0 spiro atoms. The summed E-state index contributed by atoms with van der Waals surface area (Å²) in [7, 11) is 0. The summed E-state index contributed by atoms with van der Waals surface area (Å²) in [6.45, 7) is 6.03. The summed E-state index contributed by atoms with van der Waals surface area (Å²) in [5.74, 6) is 0.854. The Morgan fingerprint density at radius 3 is 3.05 bits per heavy atom. The van der Waals surface area contributed by atoms with Crippen LogP contribution in [0.3, 0.4) is 0 Å². The molecule has 2 aliphatic heterocycles. The van der Waals surface area contributed by atoms with Crippen molar-refractivity contribution < 1.29 is 0 Å². The normalized spacial score (nSPS) is 23.5. The van der Waals surface area contributed by atoms with Crippen LogP contribution in [0.4, 0.5) is 0 Å². The lowest BCUT2D eigenvalue weighted by molar-refractivity contribution is 0.194. The lowest BCUT2D eigenvalue weighted by Gasteiger charge is -2.33. The molecule has 0 aromatic heterocycles. The van der Waals surface area contributed by atoms with Gasteiger partial charge in [0.05, 0.1) is 0 Å². The zero-order valence-electron chi connectivity index (χ0n) is 11.2. The first-order valence-electron chi connectivity index (χ1n) is 7.02. The summed E-state index contributed by atoms with van der Waals surface area (Å²) in [4.78, 5) is 2.63. The topological polar surface area (TPSA) is 15.3 Å². The Labute approximate surface area is 130 Å². The molecule has 2 heterocycles. The maximum absolute atomic E-state index is 3.67. The second-order valence-electron chi connectivity index (χ2n) is 5.58. The first-order chi connectivity index (χ1) is 8.83. The minimum atomic E-state index is 0. The van der Waals surface area contributed by atoms with E-state index >= 15 is 0 Å². The van der Waals surface area contributed by atoms with E-state index in [0.717, 1.165) is 12.5 Å². The monoisotopic (exact) mass is 344 g/mol. The first kappa shape index (κ1) is 15.3. The summed E-state index contributed by atoms with van der Waals surface area (Å²) in [5, 5.41) is 3.52. The molecule has 106 valence electrons. The van der Waals surface area contributed by atoms with Crippen LogP contribution in [0.5, 0.6) is 0 Å². The molecule has 1 aromatic carbocycles. The molecule has 1 aromatic rings. The molecule has 1 fully saturated rings. The molecular formula is C15H22BrClN2. The maximum atomic E-state index is 3.67. The third-order valence-corrected chi connectivity index (χ3v) is 4.95. The SMILES string of the molecule is Brc1cccc2c1CCN(CC1CCCNC1)C2.Cl. The highest BCUT2D eigenvalue weighted by atomic mass is 79.9. The molecule has 0 radical (unpaired) electrons. The molecule has 0 saturated carbocycles. The van der Waals surface area contributed by atoms with Crippen molar-refractivity contribution >= 4 is 28.3 Å². The number of fused-ring (bicyclic) bond motifs is 1. The number of nitrogens with one attached hydrogen (secondary N) is 1. The first-order valence-corrected chi connectivity index (χ1v) is 7.81. The summed E-state index contributed by atoms with van der Waals surface area (Å²) in [6.07, 6.45) is 3.94. The van der Waals surface area contributed by atoms with Gasteiger partial charge in [-0.3, -0.25) is 4.90 Å². The summed E-state index contributed by atoms with van der Waals surface area (Å²) >= 11 is 3.67. The Balaban J connectivity index is 0.00000133. The van der Waals surface area contributed by atoms with Gasteiger partial charge in [-0.15, -0.1) is 12.4 Å². The second kappa shape index (κ2) is 7.07. The van der Waals surface area contributed by atoms with Gasteiger partial charge in [0, 0.05) is 24.1 Å². The third-order valence-electron chi connectivity index (χ3n) is 4.20. The minimum Gasteiger partial charge on any atom is -0.316 e. The van der Waals surface area contributed by atoms with Crippen molar-refractivity contribution in [1.29, 1.82) is 0 Å². The van der Waals surface area contributed by atoms with Crippen LogP contribution in [-0.4, -0.2) is 31.1 Å². The fraction of sp³-hybridized carbons (Fsp3) is 0.600. The van der Waals surface area contributed by atoms with Crippen LogP contribution in [0.15, 0.2) is 22.7 Å². The number of piperidine rings is 1. The van der Waals surface area contributed by atoms with E-state index in [-0.39, 0.29) is 12.4 Å². The van der Waals surface area contributed by atoms with Gasteiger partial charge in [-0.1, -0.05) is 28.1 Å². The minimum absolute atomic E-state index is 0. The maximum Gasteiger partial charge on any atom is 0.0237 e. The number of hydrogen-bond acceptors (Lipinski definition) is 2. The average molecular weight is 346 g/mol. The molecule has 4 heteroatoms. The molecule has 0 amide bonds. The van der Waals surface area contributed by atoms with Gasteiger partial charge in [0.1, 0.15) is 0 Å². The van der Waals surface area contributed by atoms with Gasteiger partial charge >= 0.3 is 0 Å². The molecular weight excluding hydrogens is 324 g/mol. The van der Waals surface area contributed by atoms with E-state index in [9.17, 15) is 0 Å². The van der Waals surface area contributed by atoms with E-state index in [1.807, 2.05) is 0 Å². The summed E-state index contributed by atoms with van der Waals surface area (Å²) in [5.41, 5.74) is 3.04. The Hall–Kier alpha value is -0.0900. The summed E-state index contributed by atoms with van der Waals surface area (Å²) < 4.78 is 1.29.